The lowest BCUT2D eigenvalue weighted by molar-refractivity contribution is 0.0696. The van der Waals surface area contributed by atoms with E-state index in [1.165, 1.54) is 19.3 Å². The number of aromatic carboxylic acids is 1. The van der Waals surface area contributed by atoms with Crippen molar-refractivity contribution in [3.05, 3.63) is 28.2 Å². The van der Waals surface area contributed by atoms with E-state index in [-0.39, 0.29) is 0 Å². The zero-order chi connectivity index (χ0) is 12.4. The Bertz CT molecular complexity index is 429. The van der Waals surface area contributed by atoms with Crippen molar-refractivity contribution >= 4 is 27.6 Å². The minimum absolute atomic E-state index is 0.356. The molecule has 1 fully saturated rings. The molecule has 1 aromatic rings. The first-order chi connectivity index (χ1) is 8.09. The van der Waals surface area contributed by atoms with Gasteiger partial charge >= 0.3 is 5.97 Å². The molecule has 0 heterocycles. The predicted octanol–water partition coefficient (Wildman–Crippen LogP) is 3.38. The SMILES string of the molecule is CN(CC1CCC1)c1cccc(Br)c1C(=O)O. The third-order valence-electron chi connectivity index (χ3n) is 3.37. The summed E-state index contributed by atoms with van der Waals surface area (Å²) in [5.41, 5.74) is 1.15. The van der Waals surface area contributed by atoms with Crippen LogP contribution in [0.15, 0.2) is 22.7 Å². The molecule has 1 saturated carbocycles. The Hall–Kier alpha value is -1.03. The number of carboxylic acid groups (broad SMARTS) is 1. The molecule has 0 atom stereocenters. The summed E-state index contributed by atoms with van der Waals surface area (Å²) >= 11 is 3.31. The third-order valence-corrected chi connectivity index (χ3v) is 4.03. The van der Waals surface area contributed by atoms with Crippen molar-refractivity contribution < 1.29 is 9.90 Å². The van der Waals surface area contributed by atoms with E-state index in [1.54, 1.807) is 6.07 Å². The van der Waals surface area contributed by atoms with E-state index in [0.29, 0.717) is 10.0 Å². The molecule has 92 valence electrons. The summed E-state index contributed by atoms with van der Waals surface area (Å²) in [6.07, 6.45) is 3.84. The normalized spacial score (nSPS) is 15.4. The highest BCUT2D eigenvalue weighted by Gasteiger charge is 2.22. The topological polar surface area (TPSA) is 40.5 Å². The Kier molecular flexibility index (Phi) is 3.72. The van der Waals surface area contributed by atoms with Crippen molar-refractivity contribution in [3.63, 3.8) is 0 Å². The van der Waals surface area contributed by atoms with Crippen molar-refractivity contribution in [3.8, 4) is 0 Å². The summed E-state index contributed by atoms with van der Waals surface area (Å²) in [4.78, 5) is 13.3. The van der Waals surface area contributed by atoms with Crippen molar-refractivity contribution in [2.24, 2.45) is 5.92 Å². The van der Waals surface area contributed by atoms with Crippen LogP contribution < -0.4 is 4.90 Å². The molecular formula is C13H16BrNO2. The number of rotatable bonds is 4. The molecule has 0 amide bonds. The molecule has 1 aliphatic carbocycles. The molecule has 2 rings (SSSR count). The second kappa shape index (κ2) is 5.08. The van der Waals surface area contributed by atoms with Gasteiger partial charge in [0.25, 0.3) is 0 Å². The molecular weight excluding hydrogens is 282 g/mol. The molecule has 0 bridgehead atoms. The Morgan fingerprint density at radius 3 is 2.76 bits per heavy atom. The van der Waals surface area contributed by atoms with Crippen LogP contribution in [-0.2, 0) is 0 Å². The first kappa shape index (κ1) is 12.4. The average Bonchev–Trinajstić information content (AvgIpc) is 2.22. The van der Waals surface area contributed by atoms with Crippen LogP contribution >= 0.6 is 15.9 Å². The number of nitrogens with zero attached hydrogens (tertiary/aromatic N) is 1. The lowest BCUT2D eigenvalue weighted by Crippen LogP contribution is -2.30. The number of carboxylic acids is 1. The van der Waals surface area contributed by atoms with E-state index in [4.69, 9.17) is 0 Å². The van der Waals surface area contributed by atoms with Crippen LogP contribution in [0.1, 0.15) is 29.6 Å². The van der Waals surface area contributed by atoms with Gasteiger partial charge in [0.2, 0.25) is 0 Å². The van der Waals surface area contributed by atoms with Gasteiger partial charge in [0.05, 0.1) is 11.3 Å². The second-order valence-electron chi connectivity index (χ2n) is 4.62. The van der Waals surface area contributed by atoms with Crippen LogP contribution in [0, 0.1) is 5.92 Å². The zero-order valence-corrected chi connectivity index (χ0v) is 11.4. The van der Waals surface area contributed by atoms with E-state index < -0.39 is 5.97 Å². The molecule has 0 saturated heterocycles. The van der Waals surface area contributed by atoms with E-state index in [9.17, 15) is 9.90 Å². The van der Waals surface area contributed by atoms with E-state index in [1.807, 2.05) is 19.2 Å². The average molecular weight is 298 g/mol. The fourth-order valence-corrected chi connectivity index (χ4v) is 2.73. The maximum atomic E-state index is 11.3. The molecule has 17 heavy (non-hydrogen) atoms. The minimum atomic E-state index is -0.882. The highest BCUT2D eigenvalue weighted by molar-refractivity contribution is 9.10. The summed E-state index contributed by atoms with van der Waals surface area (Å²) in [6.45, 7) is 0.941. The lowest BCUT2D eigenvalue weighted by Gasteiger charge is -2.32. The maximum absolute atomic E-state index is 11.3. The Balaban J connectivity index is 2.23. The molecule has 0 aromatic heterocycles. The van der Waals surface area contributed by atoms with Crippen LogP contribution in [0.4, 0.5) is 5.69 Å². The smallest absolute Gasteiger partial charge is 0.338 e. The summed E-state index contributed by atoms with van der Waals surface area (Å²) < 4.78 is 0.642. The first-order valence-corrected chi connectivity index (χ1v) is 6.62. The second-order valence-corrected chi connectivity index (χ2v) is 5.47. The Morgan fingerprint density at radius 1 is 1.53 bits per heavy atom. The van der Waals surface area contributed by atoms with Gasteiger partial charge in [-0.15, -0.1) is 0 Å². The van der Waals surface area contributed by atoms with Crippen molar-refractivity contribution in [1.82, 2.24) is 0 Å². The maximum Gasteiger partial charge on any atom is 0.338 e. The van der Waals surface area contributed by atoms with Crippen LogP contribution in [0.2, 0.25) is 0 Å². The van der Waals surface area contributed by atoms with E-state index in [0.717, 1.165) is 18.2 Å². The van der Waals surface area contributed by atoms with E-state index in [2.05, 4.69) is 20.8 Å². The Labute approximate surface area is 110 Å². The van der Waals surface area contributed by atoms with Crippen LogP contribution in [-0.4, -0.2) is 24.7 Å². The monoisotopic (exact) mass is 297 g/mol. The number of hydrogen-bond acceptors (Lipinski definition) is 2. The molecule has 3 nitrogen and oxygen atoms in total. The van der Waals surface area contributed by atoms with Crippen molar-refractivity contribution in [1.29, 1.82) is 0 Å². The Morgan fingerprint density at radius 2 is 2.24 bits per heavy atom. The van der Waals surface area contributed by atoms with Gasteiger partial charge in [0.15, 0.2) is 0 Å². The van der Waals surface area contributed by atoms with Crippen LogP contribution in [0.3, 0.4) is 0 Å². The number of halogens is 1. The largest absolute Gasteiger partial charge is 0.478 e. The summed E-state index contributed by atoms with van der Waals surface area (Å²) in [7, 11) is 1.96. The van der Waals surface area contributed by atoms with Gasteiger partial charge in [-0.1, -0.05) is 12.5 Å². The van der Waals surface area contributed by atoms with Crippen LogP contribution in [0.25, 0.3) is 0 Å². The molecule has 0 spiro atoms. The van der Waals surface area contributed by atoms with E-state index >= 15 is 0 Å². The van der Waals surface area contributed by atoms with Gasteiger partial charge in [-0.25, -0.2) is 4.79 Å². The molecule has 1 N–H and O–H groups in total. The van der Waals surface area contributed by atoms with Gasteiger partial charge in [0.1, 0.15) is 0 Å². The summed E-state index contributed by atoms with van der Waals surface area (Å²) in [6, 6.07) is 5.51. The predicted molar refractivity (Wildman–Crippen MR) is 71.7 cm³/mol. The number of hydrogen-bond donors (Lipinski definition) is 1. The molecule has 4 heteroatoms. The van der Waals surface area contributed by atoms with Gasteiger partial charge in [-0.2, -0.15) is 0 Å². The number of carbonyl (C=O) groups is 1. The van der Waals surface area contributed by atoms with Gasteiger partial charge < -0.3 is 10.0 Å². The van der Waals surface area contributed by atoms with Crippen molar-refractivity contribution in [2.45, 2.75) is 19.3 Å². The molecule has 1 aliphatic rings. The van der Waals surface area contributed by atoms with Gasteiger partial charge in [0, 0.05) is 18.1 Å². The van der Waals surface area contributed by atoms with Gasteiger partial charge in [-0.3, -0.25) is 0 Å². The van der Waals surface area contributed by atoms with Crippen molar-refractivity contribution in [2.75, 3.05) is 18.5 Å². The highest BCUT2D eigenvalue weighted by atomic mass is 79.9. The fraction of sp³-hybridized carbons (Fsp3) is 0.462. The number of anilines is 1. The van der Waals surface area contributed by atoms with Gasteiger partial charge in [-0.05, 0) is 46.8 Å². The molecule has 1 aromatic carbocycles. The highest BCUT2D eigenvalue weighted by Crippen LogP contribution is 2.31. The standard InChI is InChI=1S/C13H16BrNO2/c1-15(8-9-4-2-5-9)11-7-3-6-10(14)12(11)13(16)17/h3,6-7,9H,2,4-5,8H2,1H3,(H,16,17). The minimum Gasteiger partial charge on any atom is -0.478 e. The number of benzene rings is 1. The van der Waals surface area contributed by atoms with Crippen LogP contribution in [0.5, 0.6) is 0 Å². The summed E-state index contributed by atoms with van der Waals surface area (Å²) in [5, 5.41) is 9.24. The zero-order valence-electron chi connectivity index (χ0n) is 9.82. The summed E-state index contributed by atoms with van der Waals surface area (Å²) in [5.74, 6) is -0.159. The lowest BCUT2D eigenvalue weighted by atomic mass is 9.85. The third kappa shape index (κ3) is 2.63. The molecule has 0 unspecified atom stereocenters. The molecule has 0 aliphatic heterocycles. The first-order valence-electron chi connectivity index (χ1n) is 5.82. The fourth-order valence-electron chi connectivity index (χ4n) is 2.20. The molecule has 0 radical (unpaired) electrons. The quantitative estimate of drug-likeness (QED) is 0.926.